The number of carbonyl (C=O) groups is 1. The molecule has 0 bridgehead atoms. The van der Waals surface area contributed by atoms with Gasteiger partial charge in [-0.3, -0.25) is 4.79 Å². The minimum Gasteiger partial charge on any atom is -0.504 e. The highest BCUT2D eigenvalue weighted by molar-refractivity contribution is 5.89. The molecular weight excluding hydrogens is 306 g/mol. The highest BCUT2D eigenvalue weighted by atomic mass is 16.5. The molecule has 1 heterocycles. The number of benzene rings is 1. The van der Waals surface area contributed by atoms with E-state index in [1.54, 1.807) is 12.1 Å². The summed E-state index contributed by atoms with van der Waals surface area (Å²) in [5.74, 6) is 0.436. The van der Waals surface area contributed by atoms with Crippen molar-refractivity contribution in [3.8, 4) is 11.5 Å². The molecule has 1 aromatic carbocycles. The molecule has 4 atom stereocenters. The summed E-state index contributed by atoms with van der Waals surface area (Å²) in [6.45, 7) is 6.32. The van der Waals surface area contributed by atoms with Gasteiger partial charge in [-0.1, -0.05) is 19.1 Å². The van der Waals surface area contributed by atoms with Gasteiger partial charge in [0.05, 0.1) is 11.0 Å². The molecule has 1 fully saturated rings. The predicted octanol–water partition coefficient (Wildman–Crippen LogP) is 1.60. The molecule has 5 heteroatoms. The lowest BCUT2D eigenvalue weighted by Crippen LogP contribution is -2.72. The molecule has 0 spiro atoms. The summed E-state index contributed by atoms with van der Waals surface area (Å²) in [7, 11) is 0. The molecule has 24 heavy (non-hydrogen) atoms. The molecule has 3 aliphatic rings. The highest BCUT2D eigenvalue weighted by Gasteiger charge is 2.70. The second kappa shape index (κ2) is 5.07. The molecule has 5 nitrogen and oxygen atoms in total. The van der Waals surface area contributed by atoms with Gasteiger partial charge >= 0.3 is 0 Å². The molecule has 1 aliphatic heterocycles. The minimum atomic E-state index is -1.09. The molecule has 3 N–H and O–H groups in total. The van der Waals surface area contributed by atoms with E-state index in [0.29, 0.717) is 38.0 Å². The number of rotatable bonds is 4. The van der Waals surface area contributed by atoms with Crippen molar-refractivity contribution in [2.45, 2.75) is 55.8 Å². The van der Waals surface area contributed by atoms with Crippen molar-refractivity contribution < 1.29 is 19.7 Å². The topological polar surface area (TPSA) is 78.8 Å². The van der Waals surface area contributed by atoms with Crippen molar-refractivity contribution >= 4 is 5.78 Å². The van der Waals surface area contributed by atoms with Crippen LogP contribution in [0.4, 0.5) is 0 Å². The van der Waals surface area contributed by atoms with Gasteiger partial charge < -0.3 is 20.3 Å². The van der Waals surface area contributed by atoms with Crippen molar-refractivity contribution in [3.63, 3.8) is 0 Å². The fraction of sp³-hybridized carbons (Fsp3) is 0.526. The molecule has 4 rings (SSSR count). The van der Waals surface area contributed by atoms with Crippen LogP contribution in [0.25, 0.3) is 0 Å². The number of phenols is 1. The van der Waals surface area contributed by atoms with Gasteiger partial charge in [-0.05, 0) is 30.9 Å². The van der Waals surface area contributed by atoms with Gasteiger partial charge in [-0.25, -0.2) is 0 Å². The number of nitrogens with one attached hydrogen (secondary N) is 1. The summed E-state index contributed by atoms with van der Waals surface area (Å²) in [4.78, 5) is 12.6. The smallest absolute Gasteiger partial charge is 0.174 e. The van der Waals surface area contributed by atoms with Crippen LogP contribution in [0.15, 0.2) is 24.8 Å². The summed E-state index contributed by atoms with van der Waals surface area (Å²) < 4.78 is 5.95. The quantitative estimate of drug-likeness (QED) is 0.731. The first kappa shape index (κ1) is 15.7. The van der Waals surface area contributed by atoms with Crippen LogP contribution < -0.4 is 10.1 Å². The lowest BCUT2D eigenvalue weighted by molar-refractivity contribution is -0.158. The number of carbonyl (C=O) groups excluding carboxylic acids is 1. The number of aliphatic hydroxyl groups is 1. The second-order valence-electron chi connectivity index (χ2n) is 7.11. The molecule has 2 aliphatic carbocycles. The fourth-order valence-electron chi connectivity index (χ4n) is 5.20. The van der Waals surface area contributed by atoms with Crippen LogP contribution in [0.3, 0.4) is 0 Å². The lowest BCUT2D eigenvalue weighted by Gasteiger charge is -2.56. The predicted molar refractivity (Wildman–Crippen MR) is 89.4 cm³/mol. The Balaban J connectivity index is 1.98. The fourth-order valence-corrected chi connectivity index (χ4v) is 5.20. The summed E-state index contributed by atoms with van der Waals surface area (Å²) in [5, 5.41) is 25.4. The third kappa shape index (κ3) is 1.64. The maximum atomic E-state index is 12.6. The Morgan fingerprint density at radius 1 is 1.50 bits per heavy atom. The molecular formula is C19H23NO4. The van der Waals surface area contributed by atoms with Crippen molar-refractivity contribution in [1.82, 2.24) is 5.32 Å². The average molecular weight is 329 g/mol. The number of ether oxygens (including phenoxy) is 1. The van der Waals surface area contributed by atoms with Gasteiger partial charge in [0.25, 0.3) is 0 Å². The third-order valence-corrected chi connectivity index (χ3v) is 6.24. The summed E-state index contributed by atoms with van der Waals surface area (Å²) >= 11 is 0. The first-order valence-corrected chi connectivity index (χ1v) is 8.61. The molecule has 0 amide bonds. The summed E-state index contributed by atoms with van der Waals surface area (Å²) in [5.41, 5.74) is -0.0200. The molecule has 128 valence electrons. The van der Waals surface area contributed by atoms with Gasteiger partial charge in [0.1, 0.15) is 0 Å². The normalized spacial score (nSPS) is 36.2. The summed E-state index contributed by atoms with van der Waals surface area (Å²) in [6, 6.07) is 3.32. The van der Waals surface area contributed by atoms with Crippen molar-refractivity contribution in [2.75, 3.05) is 6.54 Å². The standard InChI is InChI=1S/C19H23NO4/c1-3-9-20-14-10-11-5-6-12(21)16-15(11)18(4-2)17(24-16)13(22)7-8-19(14,18)23/h3,5-6,14,17,20-21,23H,1,4,7-10H2,2H3/t14-,17+,18?,19-/m1/s1. The van der Waals surface area contributed by atoms with Crippen LogP contribution in [0.5, 0.6) is 11.5 Å². The highest BCUT2D eigenvalue weighted by Crippen LogP contribution is 2.62. The van der Waals surface area contributed by atoms with E-state index in [0.717, 1.165) is 11.1 Å². The Bertz CT molecular complexity index is 730. The first-order valence-electron chi connectivity index (χ1n) is 8.61. The Labute approximate surface area is 141 Å². The van der Waals surface area contributed by atoms with Gasteiger partial charge in [0, 0.05) is 24.6 Å². The van der Waals surface area contributed by atoms with E-state index in [4.69, 9.17) is 4.74 Å². The average Bonchev–Trinajstić information content (AvgIpc) is 2.95. The van der Waals surface area contributed by atoms with Crippen LogP contribution in [0.1, 0.15) is 37.3 Å². The SMILES string of the molecule is C=CCN[C@@H]1Cc2ccc(O)c3c2C2(CC)[C@@H](O3)C(=O)CC[C@@]12O. The van der Waals surface area contributed by atoms with E-state index in [2.05, 4.69) is 11.9 Å². The third-order valence-electron chi connectivity index (χ3n) is 6.24. The Hall–Kier alpha value is -1.85. The molecule has 0 aromatic heterocycles. The molecule has 0 radical (unpaired) electrons. The molecule has 0 saturated heterocycles. The van der Waals surface area contributed by atoms with E-state index in [1.807, 2.05) is 13.0 Å². The van der Waals surface area contributed by atoms with Crippen LogP contribution in [-0.2, 0) is 16.6 Å². The zero-order valence-electron chi connectivity index (χ0n) is 13.8. The Kier molecular flexibility index (Phi) is 3.31. The zero-order valence-corrected chi connectivity index (χ0v) is 13.8. The van der Waals surface area contributed by atoms with Gasteiger partial charge in [-0.15, -0.1) is 6.58 Å². The van der Waals surface area contributed by atoms with E-state index in [9.17, 15) is 15.0 Å². The van der Waals surface area contributed by atoms with E-state index < -0.39 is 17.1 Å². The van der Waals surface area contributed by atoms with Crippen molar-refractivity contribution in [3.05, 3.63) is 35.9 Å². The van der Waals surface area contributed by atoms with Gasteiger partial charge in [0.15, 0.2) is 23.4 Å². The Morgan fingerprint density at radius 2 is 2.29 bits per heavy atom. The number of ketones is 1. The zero-order chi connectivity index (χ0) is 17.1. The van der Waals surface area contributed by atoms with Crippen LogP contribution in [-0.4, -0.2) is 40.3 Å². The number of aromatic hydroxyl groups is 1. The monoisotopic (exact) mass is 329 g/mol. The Morgan fingerprint density at radius 3 is 3.00 bits per heavy atom. The number of Topliss-reactive ketones (excluding diaryl/α,β-unsaturated/α-hetero) is 1. The van der Waals surface area contributed by atoms with Crippen LogP contribution in [0.2, 0.25) is 0 Å². The van der Waals surface area contributed by atoms with Gasteiger partial charge in [-0.2, -0.15) is 0 Å². The van der Waals surface area contributed by atoms with E-state index in [-0.39, 0.29) is 17.6 Å². The number of phenolic OH excluding ortho intramolecular Hbond substituents is 1. The number of hydrogen-bond acceptors (Lipinski definition) is 5. The van der Waals surface area contributed by atoms with Crippen LogP contribution >= 0.6 is 0 Å². The van der Waals surface area contributed by atoms with Crippen LogP contribution in [0, 0.1) is 0 Å². The summed E-state index contributed by atoms with van der Waals surface area (Å²) in [6.07, 6.45) is 2.96. The maximum absolute atomic E-state index is 12.6. The molecule has 1 saturated carbocycles. The lowest BCUT2D eigenvalue weighted by atomic mass is 9.51. The largest absolute Gasteiger partial charge is 0.504 e. The van der Waals surface area contributed by atoms with Crippen molar-refractivity contribution in [2.24, 2.45) is 0 Å². The minimum absolute atomic E-state index is 0.00689. The molecule has 1 unspecified atom stereocenters. The second-order valence-corrected chi connectivity index (χ2v) is 7.11. The van der Waals surface area contributed by atoms with E-state index in [1.165, 1.54) is 0 Å². The molecule has 1 aromatic rings. The van der Waals surface area contributed by atoms with E-state index >= 15 is 0 Å². The number of hydrogen-bond donors (Lipinski definition) is 3. The first-order chi connectivity index (χ1) is 11.5. The van der Waals surface area contributed by atoms with Gasteiger partial charge in [0.2, 0.25) is 0 Å². The van der Waals surface area contributed by atoms with Crippen molar-refractivity contribution in [1.29, 1.82) is 0 Å². The maximum Gasteiger partial charge on any atom is 0.174 e.